The van der Waals surface area contributed by atoms with E-state index < -0.39 is 11.6 Å². The lowest BCUT2D eigenvalue weighted by Crippen LogP contribution is -2.48. The van der Waals surface area contributed by atoms with Gasteiger partial charge in [-0.25, -0.2) is 8.78 Å². The molecule has 2 heterocycles. The Kier molecular flexibility index (Phi) is 6.28. The summed E-state index contributed by atoms with van der Waals surface area (Å²) in [6.45, 7) is 8.76. The topological polar surface area (TPSA) is 43.7 Å². The van der Waals surface area contributed by atoms with E-state index in [1.807, 2.05) is 32.0 Å². The van der Waals surface area contributed by atoms with Crippen molar-refractivity contribution < 1.29 is 23.0 Å². The highest BCUT2D eigenvalue weighted by Crippen LogP contribution is 2.31. The minimum atomic E-state index is -0.531. The maximum atomic E-state index is 14.5. The molecule has 0 unspecified atom stereocenters. The zero-order chi connectivity index (χ0) is 22.8. The summed E-state index contributed by atoms with van der Waals surface area (Å²) < 4.78 is 41.6. The number of benzene rings is 2. The normalized spacial score (nSPS) is 18.7. The molecule has 0 bridgehead atoms. The van der Waals surface area contributed by atoms with Gasteiger partial charge in [0.1, 0.15) is 29.7 Å². The molecule has 1 amide bonds. The fourth-order valence-electron chi connectivity index (χ4n) is 4.22. The molecule has 5 nitrogen and oxygen atoms in total. The first-order valence-electron chi connectivity index (χ1n) is 10.6. The van der Waals surface area contributed by atoms with Crippen LogP contribution in [0.15, 0.2) is 55.1 Å². The Bertz CT molecular complexity index is 1150. The van der Waals surface area contributed by atoms with Gasteiger partial charge in [0.2, 0.25) is 0 Å². The first-order valence-corrected chi connectivity index (χ1v) is 10.6. The molecule has 1 saturated heterocycles. The van der Waals surface area contributed by atoms with Crippen LogP contribution in [0.1, 0.15) is 29.9 Å². The van der Waals surface area contributed by atoms with E-state index >= 15 is 0 Å². The van der Waals surface area contributed by atoms with E-state index in [9.17, 15) is 13.6 Å². The maximum Gasteiger partial charge on any atom is 0.270 e. The lowest BCUT2D eigenvalue weighted by Gasteiger charge is -2.35. The van der Waals surface area contributed by atoms with Crippen molar-refractivity contribution in [1.29, 1.82) is 0 Å². The van der Waals surface area contributed by atoms with Crippen molar-refractivity contribution in [2.75, 3.05) is 19.7 Å². The molecule has 1 aromatic heterocycles. The number of rotatable bonds is 6. The standard InChI is InChI=1S/C25H26F2N2O3/c1-4-10-31-24-7-5-6-22-20(24)12-23(25(30)28-13-16(2)32-17(3)14-28)29(22)15-18-11-19(26)8-9-21(18)27/h4-9,11-12,16-17H,1,10,13-15H2,2-3H3/t16-,17+. The molecule has 0 radical (unpaired) electrons. The Morgan fingerprint density at radius 3 is 2.66 bits per heavy atom. The molecule has 0 spiro atoms. The zero-order valence-corrected chi connectivity index (χ0v) is 18.2. The Morgan fingerprint density at radius 1 is 1.19 bits per heavy atom. The average Bonchev–Trinajstić information content (AvgIpc) is 3.12. The Labute approximate surface area is 185 Å². The third-order valence-corrected chi connectivity index (χ3v) is 5.52. The van der Waals surface area contributed by atoms with Gasteiger partial charge in [-0.05, 0) is 50.2 Å². The van der Waals surface area contributed by atoms with Crippen LogP contribution in [-0.2, 0) is 11.3 Å². The van der Waals surface area contributed by atoms with Gasteiger partial charge in [-0.3, -0.25) is 4.79 Å². The third-order valence-electron chi connectivity index (χ3n) is 5.52. The highest BCUT2D eigenvalue weighted by molar-refractivity contribution is 6.00. The maximum absolute atomic E-state index is 14.5. The molecule has 3 aromatic rings. The van der Waals surface area contributed by atoms with Gasteiger partial charge in [0.15, 0.2) is 0 Å². The molecule has 7 heteroatoms. The van der Waals surface area contributed by atoms with Crippen molar-refractivity contribution in [1.82, 2.24) is 9.47 Å². The number of fused-ring (bicyclic) bond motifs is 1. The van der Waals surface area contributed by atoms with E-state index in [0.717, 1.165) is 23.6 Å². The third kappa shape index (κ3) is 4.39. The van der Waals surface area contributed by atoms with Gasteiger partial charge >= 0.3 is 0 Å². The van der Waals surface area contributed by atoms with Gasteiger partial charge in [-0.2, -0.15) is 0 Å². The summed E-state index contributed by atoms with van der Waals surface area (Å²) in [6, 6.07) is 10.6. The Morgan fingerprint density at radius 2 is 1.94 bits per heavy atom. The van der Waals surface area contributed by atoms with E-state index in [4.69, 9.17) is 9.47 Å². The van der Waals surface area contributed by atoms with Gasteiger partial charge in [-0.1, -0.05) is 18.7 Å². The number of aromatic nitrogens is 1. The smallest absolute Gasteiger partial charge is 0.270 e. The largest absolute Gasteiger partial charge is 0.489 e. The fraction of sp³-hybridized carbons (Fsp3) is 0.320. The molecule has 168 valence electrons. The van der Waals surface area contributed by atoms with E-state index in [0.29, 0.717) is 36.7 Å². The van der Waals surface area contributed by atoms with Crippen molar-refractivity contribution in [2.24, 2.45) is 0 Å². The first-order chi connectivity index (χ1) is 15.4. The van der Waals surface area contributed by atoms with Crippen molar-refractivity contribution in [2.45, 2.75) is 32.6 Å². The lowest BCUT2D eigenvalue weighted by molar-refractivity contribution is -0.0588. The zero-order valence-electron chi connectivity index (χ0n) is 18.2. The number of morpholine rings is 1. The molecule has 32 heavy (non-hydrogen) atoms. The number of nitrogens with zero attached hydrogens (tertiary/aromatic N) is 2. The second-order valence-corrected chi connectivity index (χ2v) is 8.11. The summed E-state index contributed by atoms with van der Waals surface area (Å²) in [5, 5.41) is 0.726. The SMILES string of the molecule is C=CCOc1cccc2c1cc(C(=O)N1C[C@@H](C)O[C@@H](C)C1)n2Cc1cc(F)ccc1F. The summed E-state index contributed by atoms with van der Waals surface area (Å²) >= 11 is 0. The molecule has 1 aliphatic heterocycles. The summed E-state index contributed by atoms with van der Waals surface area (Å²) in [5.74, 6) is -0.649. The second-order valence-electron chi connectivity index (χ2n) is 8.11. The van der Waals surface area contributed by atoms with Crippen LogP contribution in [0.2, 0.25) is 0 Å². The minimum absolute atomic E-state index is 0.00846. The quantitative estimate of drug-likeness (QED) is 0.518. The second kappa shape index (κ2) is 9.12. The van der Waals surface area contributed by atoms with Gasteiger partial charge in [0.05, 0.1) is 24.3 Å². The van der Waals surface area contributed by atoms with Gasteiger partial charge in [0, 0.05) is 24.0 Å². The molecular formula is C25H26F2N2O3. The number of carbonyl (C=O) groups excluding carboxylic acids is 1. The van der Waals surface area contributed by atoms with E-state index in [1.165, 1.54) is 0 Å². The number of amides is 1. The highest BCUT2D eigenvalue weighted by Gasteiger charge is 2.29. The fourth-order valence-corrected chi connectivity index (χ4v) is 4.22. The van der Waals surface area contributed by atoms with Crippen molar-refractivity contribution in [3.63, 3.8) is 0 Å². The van der Waals surface area contributed by atoms with Crippen LogP contribution in [0.4, 0.5) is 8.78 Å². The molecule has 0 saturated carbocycles. The van der Waals surface area contributed by atoms with Crippen molar-refractivity contribution >= 4 is 16.8 Å². The van der Waals surface area contributed by atoms with Crippen molar-refractivity contribution in [3.05, 3.63) is 78.0 Å². The van der Waals surface area contributed by atoms with E-state index in [1.54, 1.807) is 21.6 Å². The van der Waals surface area contributed by atoms with Crippen LogP contribution in [0.25, 0.3) is 10.9 Å². The number of carbonyl (C=O) groups is 1. The average molecular weight is 440 g/mol. The van der Waals surface area contributed by atoms with Crippen LogP contribution in [0.5, 0.6) is 5.75 Å². The Hall–Kier alpha value is -3.19. The molecule has 2 aromatic carbocycles. The minimum Gasteiger partial charge on any atom is -0.489 e. The van der Waals surface area contributed by atoms with Crippen LogP contribution in [-0.4, -0.2) is 47.3 Å². The summed E-state index contributed by atoms with van der Waals surface area (Å²) in [7, 11) is 0. The van der Waals surface area contributed by atoms with Crippen LogP contribution in [0.3, 0.4) is 0 Å². The predicted octanol–water partition coefficient (Wildman–Crippen LogP) is 4.78. The predicted molar refractivity (Wildman–Crippen MR) is 119 cm³/mol. The van der Waals surface area contributed by atoms with E-state index in [-0.39, 0.29) is 30.2 Å². The molecule has 0 aliphatic carbocycles. The molecule has 2 atom stereocenters. The van der Waals surface area contributed by atoms with Crippen LogP contribution >= 0.6 is 0 Å². The number of hydrogen-bond acceptors (Lipinski definition) is 3. The lowest BCUT2D eigenvalue weighted by atomic mass is 10.2. The highest BCUT2D eigenvalue weighted by atomic mass is 19.1. The number of hydrogen-bond donors (Lipinski definition) is 0. The summed E-state index contributed by atoms with van der Waals surface area (Å²) in [6.07, 6.45) is 1.46. The van der Waals surface area contributed by atoms with Crippen LogP contribution < -0.4 is 4.74 Å². The van der Waals surface area contributed by atoms with Crippen LogP contribution in [0, 0.1) is 11.6 Å². The van der Waals surface area contributed by atoms with Crippen molar-refractivity contribution in [3.8, 4) is 5.75 Å². The molecule has 0 N–H and O–H groups in total. The molecule has 1 fully saturated rings. The van der Waals surface area contributed by atoms with Gasteiger partial charge < -0.3 is 18.9 Å². The molecule has 1 aliphatic rings. The monoisotopic (exact) mass is 440 g/mol. The summed E-state index contributed by atoms with van der Waals surface area (Å²) in [5.41, 5.74) is 1.25. The number of ether oxygens (including phenoxy) is 2. The Balaban J connectivity index is 1.82. The summed E-state index contributed by atoms with van der Waals surface area (Å²) in [4.78, 5) is 15.3. The molecule has 4 rings (SSSR count). The number of halogens is 2. The van der Waals surface area contributed by atoms with Gasteiger partial charge in [0.25, 0.3) is 5.91 Å². The molecular weight excluding hydrogens is 414 g/mol. The van der Waals surface area contributed by atoms with Gasteiger partial charge in [-0.15, -0.1) is 0 Å². The van der Waals surface area contributed by atoms with E-state index in [2.05, 4.69) is 6.58 Å². The first kappa shape index (κ1) is 22.0.